The Kier molecular flexibility index (Phi) is 2.37. The fraction of sp³-hybridized carbons (Fsp3) is 1.00. The maximum Gasteiger partial charge on any atom is 0.0246 e. The summed E-state index contributed by atoms with van der Waals surface area (Å²) in [4.78, 5) is 0. The second-order valence-corrected chi connectivity index (χ2v) is 4.32. The van der Waals surface area contributed by atoms with E-state index >= 15 is 0 Å². The molecule has 12 heavy (non-hydrogen) atoms. The minimum absolute atomic E-state index is 0.764. The lowest BCUT2D eigenvalue weighted by Crippen LogP contribution is -2.39. The van der Waals surface area contributed by atoms with Crippen LogP contribution in [0.2, 0.25) is 0 Å². The Bertz CT molecular complexity index is 156. The summed E-state index contributed by atoms with van der Waals surface area (Å²) >= 11 is 0. The van der Waals surface area contributed by atoms with Gasteiger partial charge >= 0.3 is 0 Å². The van der Waals surface area contributed by atoms with Crippen LogP contribution in [0.3, 0.4) is 0 Å². The first kappa shape index (κ1) is 8.52. The molecule has 0 radical (unpaired) electrons. The molecule has 0 aromatic heterocycles. The lowest BCUT2D eigenvalue weighted by Gasteiger charge is -2.27. The van der Waals surface area contributed by atoms with E-state index < -0.39 is 0 Å². The first-order chi connectivity index (χ1) is 5.83. The Morgan fingerprint density at radius 1 is 1.25 bits per heavy atom. The Hall–Kier alpha value is -0.0800. The average Bonchev–Trinajstić information content (AvgIpc) is 2.44. The van der Waals surface area contributed by atoms with Crippen molar-refractivity contribution >= 4 is 0 Å². The summed E-state index contributed by atoms with van der Waals surface area (Å²) in [7, 11) is 2.05. The van der Waals surface area contributed by atoms with E-state index in [1.807, 2.05) is 7.05 Å². The van der Waals surface area contributed by atoms with Crippen LogP contribution in [0.4, 0.5) is 0 Å². The van der Waals surface area contributed by atoms with E-state index in [-0.39, 0.29) is 0 Å². The maximum atomic E-state index is 3.30. The third kappa shape index (κ3) is 1.27. The maximum absolute atomic E-state index is 3.30. The van der Waals surface area contributed by atoms with Crippen LogP contribution in [0.5, 0.6) is 0 Å². The van der Waals surface area contributed by atoms with Gasteiger partial charge in [0.25, 0.3) is 0 Å². The Morgan fingerprint density at radius 3 is 2.67 bits per heavy atom. The van der Waals surface area contributed by atoms with E-state index in [0.717, 1.165) is 17.9 Å². The molecule has 1 aliphatic carbocycles. The van der Waals surface area contributed by atoms with E-state index in [4.69, 9.17) is 0 Å². The second kappa shape index (κ2) is 3.35. The van der Waals surface area contributed by atoms with Crippen molar-refractivity contribution in [2.75, 3.05) is 13.6 Å². The molecule has 0 aromatic rings. The normalized spacial score (nSPS) is 43.0. The van der Waals surface area contributed by atoms with E-state index in [2.05, 4.69) is 17.4 Å². The van der Waals surface area contributed by atoms with Gasteiger partial charge in [0.1, 0.15) is 0 Å². The summed E-state index contributed by atoms with van der Waals surface area (Å²) in [5.74, 6) is 1.97. The van der Waals surface area contributed by atoms with Gasteiger partial charge in [-0.15, -0.1) is 0 Å². The molecule has 0 bridgehead atoms. The number of rotatable bonds is 1. The van der Waals surface area contributed by atoms with Crippen LogP contribution < -0.4 is 5.43 Å². The summed E-state index contributed by atoms with van der Waals surface area (Å²) in [6.07, 6.45) is 5.85. The molecule has 0 aromatic carbocycles. The fourth-order valence-electron chi connectivity index (χ4n) is 3.04. The highest BCUT2D eigenvalue weighted by Crippen LogP contribution is 2.39. The molecule has 2 unspecified atom stereocenters. The zero-order chi connectivity index (χ0) is 8.55. The van der Waals surface area contributed by atoms with Crippen LogP contribution in [0.25, 0.3) is 0 Å². The van der Waals surface area contributed by atoms with Gasteiger partial charge in [0, 0.05) is 12.6 Å². The first-order valence-corrected chi connectivity index (χ1v) is 5.27. The predicted molar refractivity (Wildman–Crippen MR) is 50.7 cm³/mol. The minimum atomic E-state index is 0.764. The summed E-state index contributed by atoms with van der Waals surface area (Å²) < 4.78 is 0. The lowest BCUT2D eigenvalue weighted by molar-refractivity contribution is 0.177. The summed E-state index contributed by atoms with van der Waals surface area (Å²) in [6.45, 7) is 3.65. The van der Waals surface area contributed by atoms with Crippen LogP contribution >= 0.6 is 0 Å². The molecule has 2 aliphatic rings. The van der Waals surface area contributed by atoms with Gasteiger partial charge in [-0.05, 0) is 38.6 Å². The van der Waals surface area contributed by atoms with Gasteiger partial charge < -0.3 is 0 Å². The third-order valence-corrected chi connectivity index (χ3v) is 3.80. The van der Waals surface area contributed by atoms with Crippen LogP contribution in [0, 0.1) is 11.8 Å². The van der Waals surface area contributed by atoms with Crippen molar-refractivity contribution in [3.05, 3.63) is 0 Å². The monoisotopic (exact) mass is 168 g/mol. The molecule has 70 valence electrons. The van der Waals surface area contributed by atoms with Crippen molar-refractivity contribution in [2.45, 2.75) is 38.6 Å². The number of hydrogen-bond acceptors (Lipinski definition) is 2. The zero-order valence-electron chi connectivity index (χ0n) is 8.21. The standard InChI is InChI=1S/C10H20N2/c1-8-10-6-4-3-5-9(10)7-12(8)11-2/h8-11H,3-7H2,1-2H3/t8-,9?,10?/m0/s1. The Morgan fingerprint density at radius 2 is 2.00 bits per heavy atom. The highest BCUT2D eigenvalue weighted by atomic mass is 15.5. The van der Waals surface area contributed by atoms with Crippen molar-refractivity contribution in [2.24, 2.45) is 11.8 Å². The van der Waals surface area contributed by atoms with E-state index in [1.54, 1.807) is 0 Å². The molecule has 1 saturated carbocycles. The van der Waals surface area contributed by atoms with E-state index in [1.165, 1.54) is 32.2 Å². The molecule has 3 atom stereocenters. The zero-order valence-corrected chi connectivity index (χ0v) is 8.21. The number of nitrogens with one attached hydrogen (secondary N) is 1. The SMILES string of the molecule is CNN1CC2CCCCC2[C@@H]1C. The highest BCUT2D eigenvalue weighted by Gasteiger charge is 2.39. The van der Waals surface area contributed by atoms with Gasteiger partial charge in [0.05, 0.1) is 0 Å². The molecular weight excluding hydrogens is 148 g/mol. The molecule has 1 aliphatic heterocycles. The average molecular weight is 168 g/mol. The second-order valence-electron chi connectivity index (χ2n) is 4.32. The van der Waals surface area contributed by atoms with Crippen LogP contribution in [0.1, 0.15) is 32.6 Å². The minimum Gasteiger partial charge on any atom is -0.258 e. The molecule has 1 saturated heterocycles. The molecule has 2 fully saturated rings. The molecule has 2 heteroatoms. The molecule has 2 nitrogen and oxygen atoms in total. The third-order valence-electron chi connectivity index (χ3n) is 3.80. The quantitative estimate of drug-likeness (QED) is 0.640. The van der Waals surface area contributed by atoms with Gasteiger partial charge in [0.2, 0.25) is 0 Å². The van der Waals surface area contributed by atoms with Gasteiger partial charge in [0.15, 0.2) is 0 Å². The van der Waals surface area contributed by atoms with Gasteiger partial charge in [-0.25, -0.2) is 5.01 Å². The number of hydrogen-bond donors (Lipinski definition) is 1. The Balaban J connectivity index is 2.03. The first-order valence-electron chi connectivity index (χ1n) is 5.27. The van der Waals surface area contributed by atoms with E-state index in [9.17, 15) is 0 Å². The predicted octanol–water partition coefficient (Wildman–Crippen LogP) is 1.63. The van der Waals surface area contributed by atoms with Crippen LogP contribution in [0.15, 0.2) is 0 Å². The fourth-order valence-corrected chi connectivity index (χ4v) is 3.04. The summed E-state index contributed by atoms with van der Waals surface area (Å²) in [5.41, 5.74) is 3.30. The van der Waals surface area contributed by atoms with Crippen LogP contribution in [-0.4, -0.2) is 24.6 Å². The van der Waals surface area contributed by atoms with Gasteiger partial charge in [-0.1, -0.05) is 12.8 Å². The topological polar surface area (TPSA) is 15.3 Å². The Labute approximate surface area is 75.3 Å². The number of hydrazine groups is 1. The molecule has 1 heterocycles. The molecule has 0 spiro atoms. The number of fused-ring (bicyclic) bond motifs is 1. The smallest absolute Gasteiger partial charge is 0.0246 e. The van der Waals surface area contributed by atoms with Crippen molar-refractivity contribution in [3.63, 3.8) is 0 Å². The van der Waals surface area contributed by atoms with Crippen molar-refractivity contribution in [3.8, 4) is 0 Å². The molecule has 1 N–H and O–H groups in total. The molecule has 2 rings (SSSR count). The summed E-state index contributed by atoms with van der Waals surface area (Å²) in [5, 5.41) is 2.42. The largest absolute Gasteiger partial charge is 0.258 e. The lowest BCUT2D eigenvalue weighted by atomic mass is 9.79. The van der Waals surface area contributed by atoms with E-state index in [0.29, 0.717) is 0 Å². The highest BCUT2D eigenvalue weighted by molar-refractivity contribution is 4.90. The van der Waals surface area contributed by atoms with Crippen molar-refractivity contribution in [1.82, 2.24) is 10.4 Å². The number of nitrogens with zero attached hydrogens (tertiary/aromatic N) is 1. The van der Waals surface area contributed by atoms with Gasteiger partial charge in [-0.3, -0.25) is 5.43 Å². The molecular formula is C10H20N2. The molecule has 0 amide bonds. The summed E-state index contributed by atoms with van der Waals surface area (Å²) in [6, 6.07) is 0.764. The van der Waals surface area contributed by atoms with Crippen molar-refractivity contribution < 1.29 is 0 Å². The van der Waals surface area contributed by atoms with Crippen LogP contribution in [-0.2, 0) is 0 Å². The van der Waals surface area contributed by atoms with Gasteiger partial charge in [-0.2, -0.15) is 0 Å². The van der Waals surface area contributed by atoms with Crippen molar-refractivity contribution in [1.29, 1.82) is 0 Å².